The predicted molar refractivity (Wildman–Crippen MR) is 98.9 cm³/mol. The molecule has 136 valence electrons. The molecule has 0 radical (unpaired) electrons. The van der Waals surface area contributed by atoms with Crippen LogP contribution in [0.25, 0.3) is 0 Å². The number of nitrogens with one attached hydrogen (secondary N) is 2. The smallest absolute Gasteiger partial charge is 0.319 e. The SMILES string of the molecule is Cc1cc(C)n(Cc2ccc(NC(=O)NCCCn3ccnn3)cc2)n1. The largest absolute Gasteiger partial charge is 0.338 e. The van der Waals surface area contributed by atoms with Crippen molar-refractivity contribution in [1.82, 2.24) is 30.1 Å². The van der Waals surface area contributed by atoms with Gasteiger partial charge in [0.15, 0.2) is 0 Å². The summed E-state index contributed by atoms with van der Waals surface area (Å²) in [5.41, 5.74) is 4.04. The van der Waals surface area contributed by atoms with Crippen molar-refractivity contribution in [3.8, 4) is 0 Å². The number of amides is 2. The lowest BCUT2D eigenvalue weighted by molar-refractivity contribution is 0.251. The van der Waals surface area contributed by atoms with Crippen LogP contribution in [0.1, 0.15) is 23.4 Å². The van der Waals surface area contributed by atoms with E-state index >= 15 is 0 Å². The molecule has 2 aromatic heterocycles. The minimum absolute atomic E-state index is 0.213. The van der Waals surface area contributed by atoms with Gasteiger partial charge in [-0.15, -0.1) is 5.10 Å². The summed E-state index contributed by atoms with van der Waals surface area (Å²) >= 11 is 0. The first-order chi connectivity index (χ1) is 12.6. The van der Waals surface area contributed by atoms with Gasteiger partial charge in [0, 0.05) is 30.7 Å². The van der Waals surface area contributed by atoms with Gasteiger partial charge in [0.1, 0.15) is 0 Å². The van der Waals surface area contributed by atoms with Crippen molar-refractivity contribution in [3.05, 3.63) is 59.7 Å². The highest BCUT2D eigenvalue weighted by Crippen LogP contribution is 2.12. The number of nitrogens with zero attached hydrogens (tertiary/aromatic N) is 5. The number of hydrogen-bond acceptors (Lipinski definition) is 4. The lowest BCUT2D eigenvalue weighted by Crippen LogP contribution is -2.30. The Morgan fingerprint density at radius 1 is 1.19 bits per heavy atom. The van der Waals surface area contributed by atoms with E-state index in [1.807, 2.05) is 42.8 Å². The molecule has 0 aliphatic carbocycles. The van der Waals surface area contributed by atoms with Crippen LogP contribution in [0.15, 0.2) is 42.7 Å². The molecule has 1 aromatic carbocycles. The Kier molecular flexibility index (Phi) is 5.62. The van der Waals surface area contributed by atoms with E-state index in [1.165, 1.54) is 0 Å². The Bertz CT molecular complexity index is 837. The molecule has 0 atom stereocenters. The summed E-state index contributed by atoms with van der Waals surface area (Å²) in [7, 11) is 0. The summed E-state index contributed by atoms with van der Waals surface area (Å²) in [6, 6.07) is 9.64. The Morgan fingerprint density at radius 3 is 2.65 bits per heavy atom. The van der Waals surface area contributed by atoms with Gasteiger partial charge >= 0.3 is 6.03 Å². The first-order valence-electron chi connectivity index (χ1n) is 8.59. The van der Waals surface area contributed by atoms with Crippen molar-refractivity contribution in [2.75, 3.05) is 11.9 Å². The molecule has 2 heterocycles. The number of carbonyl (C=O) groups excluding carboxylic acids is 1. The molecule has 0 aliphatic heterocycles. The molecular weight excluding hydrogens is 330 g/mol. The summed E-state index contributed by atoms with van der Waals surface area (Å²) < 4.78 is 3.71. The van der Waals surface area contributed by atoms with Crippen LogP contribution in [0.5, 0.6) is 0 Å². The topological polar surface area (TPSA) is 89.7 Å². The van der Waals surface area contributed by atoms with Crippen LogP contribution in [-0.4, -0.2) is 37.4 Å². The first kappa shape index (κ1) is 17.7. The molecule has 8 nitrogen and oxygen atoms in total. The number of carbonyl (C=O) groups is 1. The number of aromatic nitrogens is 5. The van der Waals surface area contributed by atoms with Crippen molar-refractivity contribution in [2.45, 2.75) is 33.4 Å². The molecule has 0 bridgehead atoms. The number of urea groups is 1. The van der Waals surface area contributed by atoms with Crippen LogP contribution in [0.4, 0.5) is 10.5 Å². The van der Waals surface area contributed by atoms with Crippen molar-refractivity contribution < 1.29 is 4.79 Å². The van der Waals surface area contributed by atoms with E-state index in [2.05, 4.69) is 32.1 Å². The monoisotopic (exact) mass is 353 g/mol. The van der Waals surface area contributed by atoms with Gasteiger partial charge < -0.3 is 10.6 Å². The molecule has 0 spiro atoms. The summed E-state index contributed by atoms with van der Waals surface area (Å²) in [5.74, 6) is 0. The van der Waals surface area contributed by atoms with Crippen molar-refractivity contribution in [2.24, 2.45) is 0 Å². The molecule has 3 rings (SSSR count). The summed E-state index contributed by atoms with van der Waals surface area (Å²) in [4.78, 5) is 11.9. The van der Waals surface area contributed by atoms with Gasteiger partial charge in [0.05, 0.1) is 18.4 Å². The number of anilines is 1. The summed E-state index contributed by atoms with van der Waals surface area (Å²) in [6.07, 6.45) is 4.23. The van der Waals surface area contributed by atoms with Crippen LogP contribution < -0.4 is 10.6 Å². The van der Waals surface area contributed by atoms with E-state index in [-0.39, 0.29) is 6.03 Å². The first-order valence-corrected chi connectivity index (χ1v) is 8.59. The molecule has 2 amide bonds. The zero-order chi connectivity index (χ0) is 18.4. The quantitative estimate of drug-likeness (QED) is 0.638. The Hall–Kier alpha value is -3.16. The maximum Gasteiger partial charge on any atom is 0.319 e. The Balaban J connectivity index is 1.43. The predicted octanol–water partition coefficient (Wildman–Crippen LogP) is 2.35. The van der Waals surface area contributed by atoms with Crippen LogP contribution >= 0.6 is 0 Å². The molecule has 0 saturated heterocycles. The molecule has 0 aliphatic rings. The van der Waals surface area contributed by atoms with Crippen LogP contribution in [0, 0.1) is 13.8 Å². The molecule has 0 fully saturated rings. The highest BCUT2D eigenvalue weighted by atomic mass is 16.2. The van der Waals surface area contributed by atoms with Gasteiger partial charge in [-0.05, 0) is 44.0 Å². The average molecular weight is 353 g/mol. The molecule has 3 aromatic rings. The fraction of sp³-hybridized carbons (Fsp3) is 0.333. The third-order valence-corrected chi connectivity index (χ3v) is 3.97. The van der Waals surface area contributed by atoms with Gasteiger partial charge in [-0.1, -0.05) is 17.3 Å². The van der Waals surface area contributed by atoms with Crippen molar-refractivity contribution in [3.63, 3.8) is 0 Å². The third-order valence-electron chi connectivity index (χ3n) is 3.97. The lowest BCUT2D eigenvalue weighted by Gasteiger charge is -2.09. The number of benzene rings is 1. The second-order valence-corrected chi connectivity index (χ2v) is 6.18. The highest BCUT2D eigenvalue weighted by Gasteiger charge is 2.04. The Labute approximate surface area is 152 Å². The normalized spacial score (nSPS) is 10.7. The average Bonchev–Trinajstić information content (AvgIpc) is 3.23. The van der Waals surface area contributed by atoms with Gasteiger partial charge in [-0.25, -0.2) is 4.79 Å². The minimum Gasteiger partial charge on any atom is -0.338 e. The van der Waals surface area contributed by atoms with Crippen LogP contribution in [0.3, 0.4) is 0 Å². The standard InChI is InChI=1S/C18H23N7O/c1-14-12-15(2)25(22-14)13-16-4-6-17(7-5-16)21-18(26)19-8-3-10-24-11-9-20-23-24/h4-7,9,11-12H,3,8,10,13H2,1-2H3,(H2,19,21,26). The second kappa shape index (κ2) is 8.28. The molecule has 26 heavy (non-hydrogen) atoms. The number of aryl methyl sites for hydroxylation is 3. The van der Waals surface area contributed by atoms with Crippen molar-refractivity contribution >= 4 is 11.7 Å². The van der Waals surface area contributed by atoms with E-state index < -0.39 is 0 Å². The number of rotatable bonds is 7. The third kappa shape index (κ3) is 4.92. The van der Waals surface area contributed by atoms with Crippen molar-refractivity contribution in [1.29, 1.82) is 0 Å². The second-order valence-electron chi connectivity index (χ2n) is 6.18. The van der Waals surface area contributed by atoms with E-state index in [9.17, 15) is 4.79 Å². The zero-order valence-corrected chi connectivity index (χ0v) is 15.0. The van der Waals surface area contributed by atoms with Gasteiger partial charge in [-0.2, -0.15) is 5.10 Å². The molecule has 0 saturated carbocycles. The van der Waals surface area contributed by atoms with E-state index in [4.69, 9.17) is 0 Å². The van der Waals surface area contributed by atoms with E-state index in [0.29, 0.717) is 13.1 Å². The molecule has 0 unspecified atom stereocenters. The molecular formula is C18H23N7O. The fourth-order valence-corrected chi connectivity index (χ4v) is 2.67. The fourth-order valence-electron chi connectivity index (χ4n) is 2.67. The molecule has 8 heteroatoms. The highest BCUT2D eigenvalue weighted by molar-refractivity contribution is 5.89. The van der Waals surface area contributed by atoms with Crippen LogP contribution in [-0.2, 0) is 13.1 Å². The molecule has 2 N–H and O–H groups in total. The maximum absolute atomic E-state index is 11.9. The van der Waals surface area contributed by atoms with Crippen LogP contribution in [0.2, 0.25) is 0 Å². The Morgan fingerprint density at radius 2 is 2.00 bits per heavy atom. The van der Waals surface area contributed by atoms with Gasteiger partial charge in [-0.3, -0.25) is 9.36 Å². The summed E-state index contributed by atoms with van der Waals surface area (Å²) in [6.45, 7) is 6.04. The zero-order valence-electron chi connectivity index (χ0n) is 15.0. The van der Waals surface area contributed by atoms with E-state index in [0.717, 1.165) is 35.6 Å². The minimum atomic E-state index is -0.213. The van der Waals surface area contributed by atoms with E-state index in [1.54, 1.807) is 17.1 Å². The maximum atomic E-state index is 11.9. The number of hydrogen-bond donors (Lipinski definition) is 2. The van der Waals surface area contributed by atoms with Gasteiger partial charge in [0.25, 0.3) is 0 Å². The van der Waals surface area contributed by atoms with Gasteiger partial charge in [0.2, 0.25) is 0 Å². The lowest BCUT2D eigenvalue weighted by atomic mass is 10.2. The summed E-state index contributed by atoms with van der Waals surface area (Å²) in [5, 5.41) is 17.7.